The first-order valence-corrected chi connectivity index (χ1v) is 9.37. The number of hydrogen-bond donors (Lipinski definition) is 0. The van der Waals surface area contributed by atoms with Crippen molar-refractivity contribution >= 4 is 12.7 Å². The van der Waals surface area contributed by atoms with E-state index in [4.69, 9.17) is 4.52 Å². The van der Waals surface area contributed by atoms with Gasteiger partial charge in [0.15, 0.2) is 0 Å². The smallest absolute Gasteiger partial charge is 0.235 e. The SMILES string of the molecule is C=CCP(=O)(OCC(CC)CCCC)c1ccccc1. The number of rotatable bonds is 10. The van der Waals surface area contributed by atoms with Crippen LogP contribution in [0.2, 0.25) is 0 Å². The van der Waals surface area contributed by atoms with Crippen LogP contribution >= 0.6 is 7.37 Å². The fourth-order valence-electron chi connectivity index (χ4n) is 2.18. The highest BCUT2D eigenvalue weighted by molar-refractivity contribution is 7.67. The van der Waals surface area contributed by atoms with E-state index in [0.29, 0.717) is 18.7 Å². The van der Waals surface area contributed by atoms with Gasteiger partial charge in [-0.25, -0.2) is 0 Å². The summed E-state index contributed by atoms with van der Waals surface area (Å²) >= 11 is 0. The van der Waals surface area contributed by atoms with Gasteiger partial charge in [-0.2, -0.15) is 0 Å². The average molecular weight is 294 g/mol. The lowest BCUT2D eigenvalue weighted by Gasteiger charge is -2.21. The first-order chi connectivity index (χ1) is 9.66. The lowest BCUT2D eigenvalue weighted by atomic mass is 10.0. The number of benzene rings is 1. The minimum absolute atomic E-state index is 0.404. The molecule has 0 bridgehead atoms. The molecule has 2 nitrogen and oxygen atoms in total. The van der Waals surface area contributed by atoms with Crippen molar-refractivity contribution in [2.24, 2.45) is 5.92 Å². The van der Waals surface area contributed by atoms with Crippen LogP contribution in [-0.4, -0.2) is 12.8 Å². The summed E-state index contributed by atoms with van der Waals surface area (Å²) < 4.78 is 18.9. The molecule has 0 aromatic heterocycles. The molecule has 3 heteroatoms. The topological polar surface area (TPSA) is 26.3 Å². The van der Waals surface area contributed by atoms with Gasteiger partial charge in [-0.1, -0.05) is 57.4 Å². The molecule has 0 aliphatic carbocycles. The Labute approximate surface area is 123 Å². The Hall–Kier alpha value is -0.850. The molecule has 0 aliphatic heterocycles. The molecule has 0 radical (unpaired) electrons. The van der Waals surface area contributed by atoms with Crippen LogP contribution in [0.4, 0.5) is 0 Å². The van der Waals surface area contributed by atoms with Crippen LogP contribution in [0.1, 0.15) is 39.5 Å². The highest BCUT2D eigenvalue weighted by Crippen LogP contribution is 2.46. The van der Waals surface area contributed by atoms with Crippen molar-refractivity contribution in [2.75, 3.05) is 12.8 Å². The van der Waals surface area contributed by atoms with Crippen molar-refractivity contribution < 1.29 is 9.09 Å². The van der Waals surface area contributed by atoms with Gasteiger partial charge in [-0.3, -0.25) is 4.57 Å². The zero-order valence-electron chi connectivity index (χ0n) is 12.8. The summed E-state index contributed by atoms with van der Waals surface area (Å²) in [5, 5.41) is 0.797. The molecule has 2 unspecified atom stereocenters. The molecule has 0 saturated heterocycles. The maximum Gasteiger partial charge on any atom is 0.235 e. The Morgan fingerprint density at radius 2 is 2.00 bits per heavy atom. The predicted octanol–water partition coefficient (Wildman–Crippen LogP) is 5.01. The summed E-state index contributed by atoms with van der Waals surface area (Å²) in [5.41, 5.74) is 0. The molecular formula is C17H27O2P. The van der Waals surface area contributed by atoms with E-state index in [-0.39, 0.29) is 0 Å². The van der Waals surface area contributed by atoms with Crippen molar-refractivity contribution in [1.29, 1.82) is 0 Å². The second-order valence-electron chi connectivity index (χ2n) is 5.19. The minimum atomic E-state index is -2.79. The van der Waals surface area contributed by atoms with E-state index in [2.05, 4.69) is 20.4 Å². The van der Waals surface area contributed by atoms with Crippen molar-refractivity contribution in [3.63, 3.8) is 0 Å². The Kier molecular flexibility index (Phi) is 7.87. The van der Waals surface area contributed by atoms with Crippen molar-refractivity contribution in [2.45, 2.75) is 39.5 Å². The summed E-state index contributed by atoms with van der Waals surface area (Å²) in [5.74, 6) is 0.497. The molecule has 0 heterocycles. The van der Waals surface area contributed by atoms with Crippen LogP contribution in [0.15, 0.2) is 43.0 Å². The van der Waals surface area contributed by atoms with E-state index in [1.54, 1.807) is 6.08 Å². The number of unbranched alkanes of at least 4 members (excludes halogenated alkanes) is 1. The quantitative estimate of drug-likeness (QED) is 0.448. The van der Waals surface area contributed by atoms with E-state index in [0.717, 1.165) is 18.1 Å². The zero-order valence-corrected chi connectivity index (χ0v) is 13.6. The molecule has 20 heavy (non-hydrogen) atoms. The van der Waals surface area contributed by atoms with E-state index in [9.17, 15) is 4.57 Å². The van der Waals surface area contributed by atoms with Gasteiger partial charge in [0.05, 0.1) is 6.61 Å². The normalized spacial score (nSPS) is 15.5. The molecule has 112 valence electrons. The van der Waals surface area contributed by atoms with E-state index in [1.807, 2.05) is 30.3 Å². The molecule has 0 spiro atoms. The van der Waals surface area contributed by atoms with E-state index < -0.39 is 7.37 Å². The largest absolute Gasteiger partial charge is 0.325 e. The van der Waals surface area contributed by atoms with Crippen LogP contribution in [0.3, 0.4) is 0 Å². The van der Waals surface area contributed by atoms with Crippen LogP contribution in [-0.2, 0) is 9.09 Å². The highest BCUT2D eigenvalue weighted by atomic mass is 31.2. The lowest BCUT2D eigenvalue weighted by molar-refractivity contribution is 0.239. The summed E-state index contributed by atoms with van der Waals surface area (Å²) in [4.78, 5) is 0. The van der Waals surface area contributed by atoms with E-state index in [1.165, 1.54) is 12.8 Å². The maximum absolute atomic E-state index is 13.0. The van der Waals surface area contributed by atoms with Gasteiger partial charge >= 0.3 is 0 Å². The second-order valence-corrected chi connectivity index (χ2v) is 7.68. The molecule has 0 fully saturated rings. The lowest BCUT2D eigenvalue weighted by Crippen LogP contribution is -2.14. The summed E-state index contributed by atoms with van der Waals surface area (Å²) in [6.45, 7) is 8.66. The molecule has 1 aromatic rings. The maximum atomic E-state index is 13.0. The van der Waals surface area contributed by atoms with Gasteiger partial charge in [-0.05, 0) is 24.5 Å². The van der Waals surface area contributed by atoms with Crippen LogP contribution in [0.25, 0.3) is 0 Å². The molecule has 0 N–H and O–H groups in total. The summed E-state index contributed by atoms with van der Waals surface area (Å²) in [6.07, 6.45) is 6.72. The Morgan fingerprint density at radius 1 is 1.30 bits per heavy atom. The Morgan fingerprint density at radius 3 is 2.55 bits per heavy atom. The Balaban J connectivity index is 2.72. The second kappa shape index (κ2) is 9.15. The zero-order chi connectivity index (χ0) is 14.8. The first kappa shape index (κ1) is 17.2. The average Bonchev–Trinajstić information content (AvgIpc) is 2.49. The molecule has 2 atom stereocenters. The molecular weight excluding hydrogens is 267 g/mol. The third kappa shape index (κ3) is 5.26. The van der Waals surface area contributed by atoms with Crippen LogP contribution in [0, 0.1) is 5.92 Å². The van der Waals surface area contributed by atoms with Crippen molar-refractivity contribution in [1.82, 2.24) is 0 Å². The molecule has 0 amide bonds. The van der Waals surface area contributed by atoms with Gasteiger partial charge < -0.3 is 4.52 Å². The fraction of sp³-hybridized carbons (Fsp3) is 0.529. The van der Waals surface area contributed by atoms with Crippen LogP contribution in [0.5, 0.6) is 0 Å². The van der Waals surface area contributed by atoms with Crippen molar-refractivity contribution in [3.05, 3.63) is 43.0 Å². The summed E-state index contributed by atoms with van der Waals surface area (Å²) in [7, 11) is -2.79. The molecule has 0 saturated carbocycles. The number of allylic oxidation sites excluding steroid dienone is 1. The third-order valence-electron chi connectivity index (χ3n) is 3.58. The Bertz CT molecular complexity index is 428. The first-order valence-electron chi connectivity index (χ1n) is 7.56. The van der Waals surface area contributed by atoms with Crippen molar-refractivity contribution in [3.8, 4) is 0 Å². The highest BCUT2D eigenvalue weighted by Gasteiger charge is 2.25. The van der Waals surface area contributed by atoms with Gasteiger partial charge in [0.2, 0.25) is 7.37 Å². The van der Waals surface area contributed by atoms with E-state index >= 15 is 0 Å². The number of hydrogen-bond acceptors (Lipinski definition) is 2. The van der Waals surface area contributed by atoms with Gasteiger partial charge in [0.25, 0.3) is 0 Å². The van der Waals surface area contributed by atoms with Gasteiger partial charge in [0.1, 0.15) is 0 Å². The van der Waals surface area contributed by atoms with Gasteiger partial charge in [-0.15, -0.1) is 6.58 Å². The molecule has 1 aromatic carbocycles. The molecule has 1 rings (SSSR count). The fourth-order valence-corrected chi connectivity index (χ4v) is 4.06. The standard InChI is InChI=1S/C17H27O2P/c1-4-7-11-16(6-3)15-19-20(18,14-5-2)17-12-9-8-10-13-17/h5,8-10,12-13,16H,2,4,6-7,11,14-15H2,1,3H3. The molecule has 0 aliphatic rings. The van der Waals surface area contributed by atoms with Crippen LogP contribution < -0.4 is 5.30 Å². The minimum Gasteiger partial charge on any atom is -0.325 e. The van der Waals surface area contributed by atoms with Gasteiger partial charge in [0, 0.05) is 11.5 Å². The summed E-state index contributed by atoms with van der Waals surface area (Å²) in [6, 6.07) is 9.51. The third-order valence-corrected chi connectivity index (χ3v) is 5.97. The predicted molar refractivity (Wildman–Crippen MR) is 88.0 cm³/mol. The monoisotopic (exact) mass is 294 g/mol.